The minimum absolute atomic E-state index is 0.187. The number of hydrogen-bond donors (Lipinski definition) is 1. The van der Waals surface area contributed by atoms with Gasteiger partial charge in [0.1, 0.15) is 6.07 Å². The molecule has 0 aromatic carbocycles. The molecule has 0 bridgehead atoms. The average Bonchev–Trinajstić information content (AvgIpc) is 2.91. The first-order valence-electron chi connectivity index (χ1n) is 7.36. The zero-order chi connectivity index (χ0) is 15.5. The van der Waals surface area contributed by atoms with Crippen LogP contribution in [0.1, 0.15) is 35.2 Å². The number of aromatic nitrogens is 3. The molecular formula is C16H17N5O. The number of pyridine rings is 1. The van der Waals surface area contributed by atoms with E-state index in [4.69, 9.17) is 0 Å². The minimum atomic E-state index is -0.187. The van der Waals surface area contributed by atoms with Gasteiger partial charge in [-0.2, -0.15) is 10.4 Å². The molecule has 0 atom stereocenters. The normalized spacial score (nSPS) is 13.3. The summed E-state index contributed by atoms with van der Waals surface area (Å²) in [7, 11) is 1.81. The topological polar surface area (TPSA) is 83.6 Å². The third kappa shape index (κ3) is 2.98. The van der Waals surface area contributed by atoms with Crippen molar-refractivity contribution in [1.82, 2.24) is 14.8 Å². The maximum Gasteiger partial charge on any atom is 0.230 e. The molecule has 0 aliphatic heterocycles. The molecule has 1 N–H and O–H groups in total. The summed E-state index contributed by atoms with van der Waals surface area (Å²) >= 11 is 0. The van der Waals surface area contributed by atoms with Gasteiger partial charge in [0.15, 0.2) is 5.82 Å². The smallest absolute Gasteiger partial charge is 0.230 e. The number of nitriles is 1. The molecule has 0 saturated carbocycles. The van der Waals surface area contributed by atoms with Crippen LogP contribution in [0.15, 0.2) is 18.5 Å². The molecule has 6 nitrogen and oxygen atoms in total. The lowest BCUT2D eigenvalue weighted by atomic mass is 9.95. The Morgan fingerprint density at radius 3 is 3.00 bits per heavy atom. The Balaban J connectivity index is 1.79. The number of anilines is 1. The summed E-state index contributed by atoms with van der Waals surface area (Å²) in [4.78, 5) is 16.6. The zero-order valence-electron chi connectivity index (χ0n) is 12.5. The van der Waals surface area contributed by atoms with E-state index in [2.05, 4.69) is 21.5 Å². The van der Waals surface area contributed by atoms with Gasteiger partial charge in [-0.15, -0.1) is 0 Å². The number of nitrogens with zero attached hydrogens (tertiary/aromatic N) is 4. The molecule has 2 aromatic heterocycles. The SMILES string of the molecule is Cn1cc(CC(=O)Nc2nc3c(cc2C#N)CCCC3)cn1. The lowest BCUT2D eigenvalue weighted by Gasteiger charge is -2.16. The zero-order valence-corrected chi connectivity index (χ0v) is 12.5. The number of hydrogen-bond acceptors (Lipinski definition) is 4. The second-order valence-corrected chi connectivity index (χ2v) is 5.56. The lowest BCUT2D eigenvalue weighted by Crippen LogP contribution is -2.18. The molecule has 0 fully saturated rings. The molecule has 0 unspecified atom stereocenters. The van der Waals surface area contributed by atoms with E-state index < -0.39 is 0 Å². The van der Waals surface area contributed by atoms with Gasteiger partial charge in [-0.3, -0.25) is 9.48 Å². The minimum Gasteiger partial charge on any atom is -0.309 e. The standard InChI is InChI=1S/C16H17N5O/c1-21-10-11(9-18-21)6-15(22)20-16-13(8-17)7-12-4-2-3-5-14(12)19-16/h7,9-10H,2-6H2,1H3,(H,19,20,22). The summed E-state index contributed by atoms with van der Waals surface area (Å²) < 4.78 is 1.65. The maximum atomic E-state index is 12.1. The predicted molar refractivity (Wildman–Crippen MR) is 81.1 cm³/mol. The fourth-order valence-electron chi connectivity index (χ4n) is 2.74. The van der Waals surface area contributed by atoms with E-state index >= 15 is 0 Å². The second kappa shape index (κ2) is 5.98. The number of amides is 1. The Morgan fingerprint density at radius 1 is 1.45 bits per heavy atom. The van der Waals surface area contributed by atoms with Crippen molar-refractivity contribution in [2.45, 2.75) is 32.1 Å². The largest absolute Gasteiger partial charge is 0.309 e. The van der Waals surface area contributed by atoms with Crippen molar-refractivity contribution in [2.75, 3.05) is 5.32 Å². The third-order valence-electron chi connectivity index (χ3n) is 3.80. The van der Waals surface area contributed by atoms with E-state index in [9.17, 15) is 10.1 Å². The Hall–Kier alpha value is -2.68. The van der Waals surface area contributed by atoms with E-state index in [1.807, 2.05) is 6.07 Å². The van der Waals surface area contributed by atoms with Crippen LogP contribution in [0, 0.1) is 11.3 Å². The van der Waals surface area contributed by atoms with E-state index in [-0.39, 0.29) is 12.3 Å². The van der Waals surface area contributed by atoms with Crippen molar-refractivity contribution < 1.29 is 4.79 Å². The summed E-state index contributed by atoms with van der Waals surface area (Å²) in [6.07, 6.45) is 7.78. The highest BCUT2D eigenvalue weighted by atomic mass is 16.1. The van der Waals surface area contributed by atoms with Crippen LogP contribution < -0.4 is 5.32 Å². The van der Waals surface area contributed by atoms with Crippen molar-refractivity contribution in [3.8, 4) is 6.07 Å². The molecule has 22 heavy (non-hydrogen) atoms. The van der Waals surface area contributed by atoms with Gasteiger partial charge < -0.3 is 5.32 Å². The molecule has 1 aliphatic rings. The second-order valence-electron chi connectivity index (χ2n) is 5.56. The van der Waals surface area contributed by atoms with Crippen LogP contribution in [-0.4, -0.2) is 20.7 Å². The molecular weight excluding hydrogens is 278 g/mol. The Kier molecular flexibility index (Phi) is 3.88. The number of fused-ring (bicyclic) bond motifs is 1. The molecule has 0 radical (unpaired) electrons. The van der Waals surface area contributed by atoms with E-state index in [0.717, 1.165) is 42.5 Å². The van der Waals surface area contributed by atoms with E-state index in [1.54, 1.807) is 24.1 Å². The molecule has 1 amide bonds. The van der Waals surface area contributed by atoms with Crippen LogP contribution in [-0.2, 0) is 31.1 Å². The van der Waals surface area contributed by atoms with Gasteiger partial charge in [0.25, 0.3) is 0 Å². The summed E-state index contributed by atoms with van der Waals surface area (Å²) in [5.41, 5.74) is 3.40. The van der Waals surface area contributed by atoms with Crippen molar-refractivity contribution in [3.63, 3.8) is 0 Å². The summed E-state index contributed by atoms with van der Waals surface area (Å²) in [6.45, 7) is 0. The molecule has 112 valence electrons. The highest BCUT2D eigenvalue weighted by Crippen LogP contribution is 2.24. The van der Waals surface area contributed by atoms with Gasteiger partial charge in [0.2, 0.25) is 5.91 Å². The van der Waals surface area contributed by atoms with Crippen molar-refractivity contribution >= 4 is 11.7 Å². The molecule has 2 heterocycles. The monoisotopic (exact) mass is 295 g/mol. The predicted octanol–water partition coefficient (Wildman–Crippen LogP) is 1.75. The number of rotatable bonds is 3. The van der Waals surface area contributed by atoms with Gasteiger partial charge in [0, 0.05) is 18.9 Å². The Labute approximate surface area is 128 Å². The number of nitrogens with one attached hydrogen (secondary N) is 1. The Morgan fingerprint density at radius 2 is 2.27 bits per heavy atom. The van der Waals surface area contributed by atoms with Gasteiger partial charge in [-0.1, -0.05) is 0 Å². The fourth-order valence-corrected chi connectivity index (χ4v) is 2.74. The van der Waals surface area contributed by atoms with E-state index in [0.29, 0.717) is 11.4 Å². The van der Waals surface area contributed by atoms with Crippen LogP contribution in [0.25, 0.3) is 0 Å². The summed E-state index contributed by atoms with van der Waals surface area (Å²) in [5, 5.41) is 16.1. The first-order valence-corrected chi connectivity index (χ1v) is 7.36. The van der Waals surface area contributed by atoms with Gasteiger partial charge >= 0.3 is 0 Å². The van der Waals surface area contributed by atoms with Crippen LogP contribution in [0.4, 0.5) is 5.82 Å². The molecule has 6 heteroatoms. The molecule has 0 saturated heterocycles. The maximum absolute atomic E-state index is 12.1. The van der Waals surface area contributed by atoms with Crippen molar-refractivity contribution in [1.29, 1.82) is 5.26 Å². The van der Waals surface area contributed by atoms with Gasteiger partial charge in [-0.05, 0) is 42.9 Å². The number of carbonyl (C=O) groups excluding carboxylic acids is 1. The average molecular weight is 295 g/mol. The first-order chi connectivity index (χ1) is 10.7. The highest BCUT2D eigenvalue weighted by molar-refractivity contribution is 5.92. The number of aryl methyl sites for hydroxylation is 3. The highest BCUT2D eigenvalue weighted by Gasteiger charge is 2.16. The van der Waals surface area contributed by atoms with Crippen LogP contribution in [0.2, 0.25) is 0 Å². The van der Waals surface area contributed by atoms with Crippen LogP contribution in [0.3, 0.4) is 0 Å². The van der Waals surface area contributed by atoms with Crippen LogP contribution >= 0.6 is 0 Å². The van der Waals surface area contributed by atoms with Crippen molar-refractivity contribution in [3.05, 3.63) is 40.8 Å². The third-order valence-corrected chi connectivity index (χ3v) is 3.80. The van der Waals surface area contributed by atoms with Gasteiger partial charge in [-0.25, -0.2) is 4.98 Å². The molecule has 3 rings (SSSR count). The number of carbonyl (C=O) groups is 1. The van der Waals surface area contributed by atoms with Gasteiger partial charge in [0.05, 0.1) is 18.2 Å². The lowest BCUT2D eigenvalue weighted by molar-refractivity contribution is -0.115. The molecule has 2 aromatic rings. The summed E-state index contributed by atoms with van der Waals surface area (Å²) in [6, 6.07) is 3.99. The van der Waals surface area contributed by atoms with E-state index in [1.165, 1.54) is 0 Å². The first kappa shape index (κ1) is 14.3. The van der Waals surface area contributed by atoms with Crippen LogP contribution in [0.5, 0.6) is 0 Å². The quantitative estimate of drug-likeness (QED) is 0.935. The molecule has 0 spiro atoms. The van der Waals surface area contributed by atoms with Crippen molar-refractivity contribution in [2.24, 2.45) is 7.05 Å². The fraction of sp³-hybridized carbons (Fsp3) is 0.375. The molecule has 1 aliphatic carbocycles. The Bertz CT molecular complexity index is 756. The summed E-state index contributed by atoms with van der Waals surface area (Å²) in [5.74, 6) is 0.185.